The van der Waals surface area contributed by atoms with Crippen LogP contribution in [0, 0.1) is 0 Å². The summed E-state index contributed by atoms with van der Waals surface area (Å²) in [4.78, 5) is 9.60. The SMILES string of the molecule is C=C(C)C(=O)O.OCCCCCO. The van der Waals surface area contributed by atoms with Crippen molar-refractivity contribution in [2.75, 3.05) is 13.2 Å². The van der Waals surface area contributed by atoms with E-state index in [1.165, 1.54) is 6.92 Å². The number of unbranched alkanes of at least 4 members (excludes halogenated alkanes) is 2. The molecule has 13 heavy (non-hydrogen) atoms. The van der Waals surface area contributed by atoms with Gasteiger partial charge < -0.3 is 15.3 Å². The third-order valence-corrected chi connectivity index (χ3v) is 1.18. The van der Waals surface area contributed by atoms with Crippen molar-refractivity contribution in [3.63, 3.8) is 0 Å². The minimum absolute atomic E-state index is 0.176. The molecule has 0 heterocycles. The lowest BCUT2D eigenvalue weighted by Gasteiger charge is -1.90. The smallest absolute Gasteiger partial charge is 0.330 e. The Bertz CT molecular complexity index is 127. The first kappa shape index (κ1) is 14.6. The second kappa shape index (κ2) is 11.1. The molecule has 0 aliphatic heterocycles. The molecule has 0 saturated heterocycles. The number of aliphatic carboxylic acids is 1. The summed E-state index contributed by atoms with van der Waals surface area (Å²) >= 11 is 0. The van der Waals surface area contributed by atoms with Gasteiger partial charge in [0.2, 0.25) is 0 Å². The van der Waals surface area contributed by atoms with E-state index in [-0.39, 0.29) is 18.8 Å². The lowest BCUT2D eigenvalue weighted by molar-refractivity contribution is -0.132. The van der Waals surface area contributed by atoms with E-state index in [0.29, 0.717) is 0 Å². The number of aliphatic hydroxyl groups is 2. The predicted octanol–water partition coefficient (Wildman–Crippen LogP) is 0.788. The Morgan fingerprint density at radius 2 is 1.46 bits per heavy atom. The summed E-state index contributed by atoms with van der Waals surface area (Å²) in [5.41, 5.74) is 0.176. The molecule has 0 fully saturated rings. The Labute approximate surface area is 78.5 Å². The molecule has 0 spiro atoms. The lowest BCUT2D eigenvalue weighted by Crippen LogP contribution is -1.92. The van der Waals surface area contributed by atoms with Crippen molar-refractivity contribution < 1.29 is 20.1 Å². The summed E-state index contributed by atoms with van der Waals surface area (Å²) < 4.78 is 0. The standard InChI is InChI=1S/C5H12O2.C4H6O2/c6-4-2-1-3-5-7;1-3(2)4(5)6/h6-7H,1-5H2;1H2,2H3,(H,5,6). The Balaban J connectivity index is 0. The molecule has 78 valence electrons. The first-order chi connectivity index (χ1) is 6.06. The number of carboxylic acid groups (broad SMARTS) is 1. The van der Waals surface area contributed by atoms with Crippen molar-refractivity contribution in [2.24, 2.45) is 0 Å². The Kier molecular flexibility index (Phi) is 12.5. The van der Waals surface area contributed by atoms with Crippen LogP contribution in [-0.2, 0) is 4.79 Å². The number of carbonyl (C=O) groups is 1. The van der Waals surface area contributed by atoms with E-state index in [1.807, 2.05) is 0 Å². The topological polar surface area (TPSA) is 77.8 Å². The minimum atomic E-state index is -0.935. The van der Waals surface area contributed by atoms with Crippen LogP contribution in [0.5, 0.6) is 0 Å². The van der Waals surface area contributed by atoms with Crippen molar-refractivity contribution in [3.8, 4) is 0 Å². The highest BCUT2D eigenvalue weighted by molar-refractivity contribution is 5.84. The van der Waals surface area contributed by atoms with Gasteiger partial charge in [-0.2, -0.15) is 0 Å². The molecule has 0 atom stereocenters. The quantitative estimate of drug-likeness (QED) is 0.442. The van der Waals surface area contributed by atoms with Gasteiger partial charge in [0.1, 0.15) is 0 Å². The van der Waals surface area contributed by atoms with E-state index in [1.54, 1.807) is 0 Å². The fourth-order valence-corrected chi connectivity index (χ4v) is 0.400. The van der Waals surface area contributed by atoms with Gasteiger partial charge in [-0.05, 0) is 26.2 Å². The highest BCUT2D eigenvalue weighted by atomic mass is 16.4. The van der Waals surface area contributed by atoms with Gasteiger partial charge in [-0.25, -0.2) is 4.79 Å². The zero-order valence-corrected chi connectivity index (χ0v) is 7.99. The van der Waals surface area contributed by atoms with Crippen molar-refractivity contribution in [2.45, 2.75) is 26.2 Å². The van der Waals surface area contributed by atoms with Crippen molar-refractivity contribution in [3.05, 3.63) is 12.2 Å². The Morgan fingerprint density at radius 3 is 1.62 bits per heavy atom. The molecular formula is C9H18O4. The maximum Gasteiger partial charge on any atom is 0.330 e. The molecule has 0 amide bonds. The van der Waals surface area contributed by atoms with E-state index in [9.17, 15) is 4.79 Å². The van der Waals surface area contributed by atoms with Gasteiger partial charge in [0.25, 0.3) is 0 Å². The summed E-state index contributed by atoms with van der Waals surface area (Å²) in [6, 6.07) is 0. The minimum Gasteiger partial charge on any atom is -0.478 e. The van der Waals surface area contributed by atoms with Crippen molar-refractivity contribution >= 4 is 5.97 Å². The van der Waals surface area contributed by atoms with Crippen molar-refractivity contribution in [1.82, 2.24) is 0 Å². The molecule has 0 aliphatic rings. The third-order valence-electron chi connectivity index (χ3n) is 1.18. The monoisotopic (exact) mass is 190 g/mol. The summed E-state index contributed by atoms with van der Waals surface area (Å²) in [6.07, 6.45) is 2.58. The molecule has 0 rings (SSSR count). The maximum atomic E-state index is 9.60. The summed E-state index contributed by atoms with van der Waals surface area (Å²) in [5.74, 6) is -0.935. The first-order valence-corrected chi connectivity index (χ1v) is 4.16. The van der Waals surface area contributed by atoms with Crippen LogP contribution in [0.2, 0.25) is 0 Å². The summed E-state index contributed by atoms with van der Waals surface area (Å²) in [7, 11) is 0. The van der Waals surface area contributed by atoms with Gasteiger partial charge in [-0.3, -0.25) is 0 Å². The number of carboxylic acids is 1. The molecule has 4 nitrogen and oxygen atoms in total. The number of hydrogen-bond acceptors (Lipinski definition) is 3. The van der Waals surface area contributed by atoms with Crippen LogP contribution in [0.1, 0.15) is 26.2 Å². The Hall–Kier alpha value is -0.870. The molecule has 0 radical (unpaired) electrons. The average molecular weight is 190 g/mol. The van der Waals surface area contributed by atoms with Crippen LogP contribution in [0.15, 0.2) is 12.2 Å². The van der Waals surface area contributed by atoms with Crippen LogP contribution in [0.4, 0.5) is 0 Å². The fourth-order valence-electron chi connectivity index (χ4n) is 0.400. The van der Waals surface area contributed by atoms with E-state index < -0.39 is 5.97 Å². The average Bonchev–Trinajstić information content (AvgIpc) is 2.06. The van der Waals surface area contributed by atoms with Gasteiger partial charge in [0, 0.05) is 18.8 Å². The molecule has 0 aliphatic carbocycles. The molecule has 0 saturated carbocycles. The zero-order valence-electron chi connectivity index (χ0n) is 7.99. The number of aliphatic hydroxyl groups excluding tert-OH is 2. The molecule has 0 unspecified atom stereocenters. The second-order valence-corrected chi connectivity index (χ2v) is 2.59. The van der Waals surface area contributed by atoms with Gasteiger partial charge >= 0.3 is 5.97 Å². The van der Waals surface area contributed by atoms with E-state index >= 15 is 0 Å². The van der Waals surface area contributed by atoms with Crippen molar-refractivity contribution in [1.29, 1.82) is 0 Å². The van der Waals surface area contributed by atoms with Crippen LogP contribution < -0.4 is 0 Å². The van der Waals surface area contributed by atoms with E-state index in [4.69, 9.17) is 15.3 Å². The van der Waals surface area contributed by atoms with E-state index in [2.05, 4.69) is 6.58 Å². The van der Waals surface area contributed by atoms with Gasteiger partial charge in [0.05, 0.1) is 0 Å². The van der Waals surface area contributed by atoms with Crippen LogP contribution in [-0.4, -0.2) is 34.5 Å². The molecule has 4 heteroatoms. The third kappa shape index (κ3) is 18.2. The highest BCUT2D eigenvalue weighted by Crippen LogP contribution is 1.90. The predicted molar refractivity (Wildman–Crippen MR) is 50.5 cm³/mol. The summed E-state index contributed by atoms with van der Waals surface area (Å²) in [5, 5.41) is 24.3. The van der Waals surface area contributed by atoms with Crippen LogP contribution >= 0.6 is 0 Å². The maximum absolute atomic E-state index is 9.60. The first-order valence-electron chi connectivity index (χ1n) is 4.16. The van der Waals surface area contributed by atoms with Crippen LogP contribution in [0.25, 0.3) is 0 Å². The summed E-state index contributed by atoms with van der Waals surface area (Å²) in [6.45, 7) is 5.10. The normalized spacial score (nSPS) is 8.54. The second-order valence-electron chi connectivity index (χ2n) is 2.59. The molecule has 0 bridgehead atoms. The lowest BCUT2D eigenvalue weighted by atomic mass is 10.2. The fraction of sp³-hybridized carbons (Fsp3) is 0.667. The molecule has 0 aromatic rings. The highest BCUT2D eigenvalue weighted by Gasteiger charge is 1.90. The number of hydrogen-bond donors (Lipinski definition) is 3. The van der Waals surface area contributed by atoms with Gasteiger partial charge in [0.15, 0.2) is 0 Å². The number of rotatable bonds is 5. The van der Waals surface area contributed by atoms with Gasteiger partial charge in [-0.15, -0.1) is 0 Å². The zero-order chi connectivity index (χ0) is 10.7. The molecule has 0 aromatic carbocycles. The van der Waals surface area contributed by atoms with Gasteiger partial charge in [-0.1, -0.05) is 6.58 Å². The van der Waals surface area contributed by atoms with Crippen LogP contribution in [0.3, 0.4) is 0 Å². The molecule has 0 aromatic heterocycles. The molecule has 3 N–H and O–H groups in total. The Morgan fingerprint density at radius 1 is 1.15 bits per heavy atom. The van der Waals surface area contributed by atoms with E-state index in [0.717, 1.165) is 19.3 Å². The largest absolute Gasteiger partial charge is 0.478 e. The molecular weight excluding hydrogens is 172 g/mol.